The molecule has 0 bridgehead atoms. The summed E-state index contributed by atoms with van der Waals surface area (Å²) >= 11 is 0. The molecule has 1 aromatic carbocycles. The average molecular weight is 266 g/mol. The number of carbonyl (C=O) groups is 1. The molecule has 4 nitrogen and oxygen atoms in total. The number of alkyl halides is 2. The molecule has 2 aromatic rings. The van der Waals surface area contributed by atoms with E-state index in [9.17, 15) is 13.6 Å². The standard InChI is InChI=1S/C13H12F2N2O2/c1-8-3-2-4-9(5-8)6-17-7-10(13(18)19)11(16-17)12(14)15/h2-5,7,12H,6H2,1H3,(H,18,19). The van der Waals surface area contributed by atoms with E-state index >= 15 is 0 Å². The van der Waals surface area contributed by atoms with Crippen molar-refractivity contribution < 1.29 is 18.7 Å². The van der Waals surface area contributed by atoms with Crippen LogP contribution in [-0.2, 0) is 6.54 Å². The molecule has 0 saturated heterocycles. The summed E-state index contributed by atoms with van der Waals surface area (Å²) in [5, 5.41) is 12.5. The Kier molecular flexibility index (Phi) is 3.59. The molecule has 0 aliphatic heterocycles. The molecule has 0 radical (unpaired) electrons. The van der Waals surface area contributed by atoms with Crippen molar-refractivity contribution in [2.24, 2.45) is 0 Å². The Hall–Kier alpha value is -2.24. The van der Waals surface area contributed by atoms with Gasteiger partial charge in [-0.15, -0.1) is 0 Å². The maximum Gasteiger partial charge on any atom is 0.339 e. The molecule has 2 rings (SSSR count). The van der Waals surface area contributed by atoms with Crippen LogP contribution in [0, 0.1) is 6.92 Å². The molecule has 0 aliphatic carbocycles. The van der Waals surface area contributed by atoms with Gasteiger partial charge in [-0.1, -0.05) is 29.8 Å². The molecule has 0 atom stereocenters. The van der Waals surface area contributed by atoms with Crippen LogP contribution in [-0.4, -0.2) is 20.9 Å². The third-order valence-electron chi connectivity index (χ3n) is 2.65. The number of rotatable bonds is 4. The lowest BCUT2D eigenvalue weighted by Crippen LogP contribution is -2.01. The molecule has 0 aliphatic rings. The summed E-state index contributed by atoms with van der Waals surface area (Å²) in [5.74, 6) is -1.40. The highest BCUT2D eigenvalue weighted by Gasteiger charge is 2.22. The SMILES string of the molecule is Cc1cccc(Cn2cc(C(=O)O)c(C(F)F)n2)c1. The van der Waals surface area contributed by atoms with Gasteiger partial charge in [-0.2, -0.15) is 5.10 Å². The van der Waals surface area contributed by atoms with Crippen LogP contribution < -0.4 is 0 Å². The van der Waals surface area contributed by atoms with Crippen molar-refractivity contribution in [1.29, 1.82) is 0 Å². The van der Waals surface area contributed by atoms with Gasteiger partial charge in [-0.05, 0) is 12.5 Å². The number of carboxylic acids is 1. The molecule has 6 heteroatoms. The van der Waals surface area contributed by atoms with E-state index in [1.165, 1.54) is 4.68 Å². The van der Waals surface area contributed by atoms with Gasteiger partial charge in [0.25, 0.3) is 6.43 Å². The molecule has 1 heterocycles. The molecule has 1 N–H and O–H groups in total. The minimum absolute atomic E-state index is 0.259. The summed E-state index contributed by atoms with van der Waals surface area (Å²) < 4.78 is 26.6. The number of nitrogens with zero attached hydrogens (tertiary/aromatic N) is 2. The Balaban J connectivity index is 2.31. The number of hydrogen-bond donors (Lipinski definition) is 1. The van der Waals surface area contributed by atoms with Gasteiger partial charge in [0.15, 0.2) is 0 Å². The Morgan fingerprint density at radius 3 is 2.74 bits per heavy atom. The Bertz CT molecular complexity index is 608. The van der Waals surface area contributed by atoms with E-state index in [1.807, 2.05) is 31.2 Å². The molecule has 1 aromatic heterocycles. The second kappa shape index (κ2) is 5.17. The first-order valence-corrected chi connectivity index (χ1v) is 5.61. The van der Waals surface area contributed by atoms with E-state index in [2.05, 4.69) is 5.10 Å². The summed E-state index contributed by atoms with van der Waals surface area (Å²) in [6.45, 7) is 2.18. The van der Waals surface area contributed by atoms with E-state index in [0.29, 0.717) is 0 Å². The highest BCUT2D eigenvalue weighted by molar-refractivity contribution is 5.88. The van der Waals surface area contributed by atoms with Crippen LogP contribution in [0.25, 0.3) is 0 Å². The van der Waals surface area contributed by atoms with Crippen LogP contribution >= 0.6 is 0 Å². The van der Waals surface area contributed by atoms with Crippen LogP contribution in [0.5, 0.6) is 0 Å². The third-order valence-corrected chi connectivity index (χ3v) is 2.65. The Morgan fingerprint density at radius 2 is 2.21 bits per heavy atom. The van der Waals surface area contributed by atoms with Gasteiger partial charge in [0.05, 0.1) is 6.54 Å². The van der Waals surface area contributed by atoms with E-state index in [1.54, 1.807) is 0 Å². The molecular weight excluding hydrogens is 254 g/mol. The highest BCUT2D eigenvalue weighted by atomic mass is 19.3. The molecule has 0 amide bonds. The van der Waals surface area contributed by atoms with Crippen molar-refractivity contribution in [2.45, 2.75) is 19.9 Å². The number of aryl methyl sites for hydroxylation is 1. The van der Waals surface area contributed by atoms with Gasteiger partial charge in [0.1, 0.15) is 11.3 Å². The minimum atomic E-state index is -2.90. The van der Waals surface area contributed by atoms with E-state index in [0.717, 1.165) is 17.3 Å². The molecule has 0 spiro atoms. The molecule has 100 valence electrons. The lowest BCUT2D eigenvalue weighted by atomic mass is 10.1. The normalized spacial score (nSPS) is 10.9. The maximum atomic E-state index is 12.7. The van der Waals surface area contributed by atoms with Gasteiger partial charge < -0.3 is 5.11 Å². The van der Waals surface area contributed by atoms with Gasteiger partial charge in [0, 0.05) is 6.20 Å². The van der Waals surface area contributed by atoms with Crippen LogP contribution in [0.4, 0.5) is 8.78 Å². The monoisotopic (exact) mass is 266 g/mol. The fourth-order valence-electron chi connectivity index (χ4n) is 1.84. The topological polar surface area (TPSA) is 55.1 Å². The van der Waals surface area contributed by atoms with Crippen LogP contribution in [0.2, 0.25) is 0 Å². The van der Waals surface area contributed by atoms with Gasteiger partial charge in [-0.25, -0.2) is 13.6 Å². The fourth-order valence-corrected chi connectivity index (χ4v) is 1.84. The Labute approximate surface area is 108 Å². The molecular formula is C13H12F2N2O2. The van der Waals surface area contributed by atoms with E-state index in [-0.39, 0.29) is 6.54 Å². The van der Waals surface area contributed by atoms with Crippen LogP contribution in [0.1, 0.15) is 33.6 Å². The average Bonchev–Trinajstić information content (AvgIpc) is 2.73. The van der Waals surface area contributed by atoms with Gasteiger partial charge >= 0.3 is 5.97 Å². The van der Waals surface area contributed by atoms with Gasteiger partial charge in [0.2, 0.25) is 0 Å². The summed E-state index contributed by atoms with van der Waals surface area (Å²) in [5.41, 5.74) is 0.764. The number of aromatic nitrogens is 2. The van der Waals surface area contributed by atoms with E-state index < -0.39 is 23.7 Å². The van der Waals surface area contributed by atoms with Crippen molar-refractivity contribution in [3.05, 3.63) is 52.8 Å². The largest absolute Gasteiger partial charge is 0.478 e. The Morgan fingerprint density at radius 1 is 1.47 bits per heavy atom. The fraction of sp³-hybridized carbons (Fsp3) is 0.231. The number of hydrogen-bond acceptors (Lipinski definition) is 2. The van der Waals surface area contributed by atoms with Crippen LogP contribution in [0.15, 0.2) is 30.5 Å². The number of aromatic carboxylic acids is 1. The molecule has 0 unspecified atom stereocenters. The molecule has 0 fully saturated rings. The third kappa shape index (κ3) is 2.96. The van der Waals surface area contributed by atoms with Crippen molar-refractivity contribution in [1.82, 2.24) is 9.78 Å². The van der Waals surface area contributed by atoms with Gasteiger partial charge in [-0.3, -0.25) is 4.68 Å². The predicted octanol–water partition coefficient (Wildman–Crippen LogP) is 2.88. The number of halogens is 2. The first kappa shape index (κ1) is 13.2. The number of benzene rings is 1. The summed E-state index contributed by atoms with van der Waals surface area (Å²) in [7, 11) is 0. The number of carboxylic acid groups (broad SMARTS) is 1. The zero-order valence-electron chi connectivity index (χ0n) is 10.2. The first-order chi connectivity index (χ1) is 8.97. The predicted molar refractivity (Wildman–Crippen MR) is 64.4 cm³/mol. The maximum absolute atomic E-state index is 12.7. The molecule has 19 heavy (non-hydrogen) atoms. The second-order valence-electron chi connectivity index (χ2n) is 4.22. The van der Waals surface area contributed by atoms with Crippen molar-refractivity contribution in [3.63, 3.8) is 0 Å². The quantitative estimate of drug-likeness (QED) is 0.925. The summed E-state index contributed by atoms with van der Waals surface area (Å²) in [6, 6.07) is 7.49. The van der Waals surface area contributed by atoms with Crippen molar-refractivity contribution >= 4 is 5.97 Å². The first-order valence-electron chi connectivity index (χ1n) is 5.61. The summed E-state index contributed by atoms with van der Waals surface area (Å²) in [6.07, 6.45) is -1.77. The summed E-state index contributed by atoms with van der Waals surface area (Å²) in [4.78, 5) is 10.9. The molecule has 0 saturated carbocycles. The van der Waals surface area contributed by atoms with Crippen LogP contribution in [0.3, 0.4) is 0 Å². The lowest BCUT2D eigenvalue weighted by Gasteiger charge is -2.02. The second-order valence-corrected chi connectivity index (χ2v) is 4.22. The highest BCUT2D eigenvalue weighted by Crippen LogP contribution is 2.21. The smallest absolute Gasteiger partial charge is 0.339 e. The van der Waals surface area contributed by atoms with Crippen molar-refractivity contribution in [2.75, 3.05) is 0 Å². The lowest BCUT2D eigenvalue weighted by molar-refractivity contribution is 0.0684. The van der Waals surface area contributed by atoms with E-state index in [4.69, 9.17) is 5.11 Å². The minimum Gasteiger partial charge on any atom is -0.478 e. The van der Waals surface area contributed by atoms with Crippen molar-refractivity contribution in [3.8, 4) is 0 Å². The zero-order chi connectivity index (χ0) is 14.0. The zero-order valence-corrected chi connectivity index (χ0v) is 10.2.